The van der Waals surface area contributed by atoms with Crippen molar-refractivity contribution in [3.63, 3.8) is 0 Å². The molecule has 2 N–H and O–H groups in total. The summed E-state index contributed by atoms with van der Waals surface area (Å²) in [6.07, 6.45) is -1.70. The first kappa shape index (κ1) is 18.8. The van der Waals surface area contributed by atoms with E-state index in [0.29, 0.717) is 10.6 Å². The van der Waals surface area contributed by atoms with Crippen molar-refractivity contribution in [3.8, 4) is 0 Å². The molecular weight excluding hydrogens is 346 g/mol. The van der Waals surface area contributed by atoms with E-state index >= 15 is 0 Å². The number of carbonyl (C=O) groups excluding carboxylic acids is 2. The molecule has 2 aromatic carbocycles. The third kappa shape index (κ3) is 6.82. The number of hydrogen-bond donors (Lipinski definition) is 2. The van der Waals surface area contributed by atoms with Gasteiger partial charge in [0.05, 0.1) is 12.1 Å². The number of benzene rings is 2. The van der Waals surface area contributed by atoms with Crippen LogP contribution in [0.3, 0.4) is 0 Å². The van der Waals surface area contributed by atoms with Crippen molar-refractivity contribution in [2.75, 3.05) is 13.2 Å². The summed E-state index contributed by atoms with van der Waals surface area (Å²) in [6.45, 7) is -0.212. The number of rotatable bonds is 7. The first-order chi connectivity index (χ1) is 12.0. The van der Waals surface area contributed by atoms with Gasteiger partial charge in [-0.1, -0.05) is 41.9 Å². The highest BCUT2D eigenvalue weighted by Crippen LogP contribution is 2.10. The Bertz CT molecular complexity index is 690. The maximum Gasteiger partial charge on any atom is 0.407 e. The van der Waals surface area contributed by atoms with Crippen molar-refractivity contribution in [2.24, 2.45) is 0 Å². The molecule has 1 amide bonds. The number of aliphatic hydroxyl groups excluding tert-OH is 1. The topological polar surface area (TPSA) is 84.9 Å². The highest BCUT2D eigenvalue weighted by Gasteiger charge is 2.12. The molecule has 0 aliphatic heterocycles. The second-order valence-electron chi connectivity index (χ2n) is 5.20. The van der Waals surface area contributed by atoms with Crippen LogP contribution in [0.25, 0.3) is 0 Å². The third-order valence-corrected chi connectivity index (χ3v) is 3.43. The predicted molar refractivity (Wildman–Crippen MR) is 92.4 cm³/mol. The number of amides is 1. The van der Waals surface area contributed by atoms with E-state index in [0.717, 1.165) is 5.56 Å². The van der Waals surface area contributed by atoms with E-state index in [1.807, 2.05) is 30.3 Å². The molecule has 0 saturated heterocycles. The van der Waals surface area contributed by atoms with E-state index in [1.54, 1.807) is 12.1 Å². The Labute approximate surface area is 150 Å². The van der Waals surface area contributed by atoms with Crippen molar-refractivity contribution in [1.29, 1.82) is 0 Å². The van der Waals surface area contributed by atoms with E-state index in [4.69, 9.17) is 21.1 Å². The maximum absolute atomic E-state index is 11.8. The van der Waals surface area contributed by atoms with Crippen LogP contribution in [0.5, 0.6) is 0 Å². The number of esters is 1. The van der Waals surface area contributed by atoms with Crippen LogP contribution in [0.15, 0.2) is 54.6 Å². The summed E-state index contributed by atoms with van der Waals surface area (Å²) < 4.78 is 9.97. The van der Waals surface area contributed by atoms with Gasteiger partial charge in [-0.05, 0) is 29.8 Å². The molecule has 0 heterocycles. The molecule has 132 valence electrons. The van der Waals surface area contributed by atoms with E-state index in [9.17, 15) is 14.7 Å². The Kier molecular flexibility index (Phi) is 7.25. The normalized spacial score (nSPS) is 11.4. The lowest BCUT2D eigenvalue weighted by atomic mass is 10.2. The van der Waals surface area contributed by atoms with Gasteiger partial charge in [-0.25, -0.2) is 9.59 Å². The van der Waals surface area contributed by atoms with Gasteiger partial charge in [0.2, 0.25) is 0 Å². The summed E-state index contributed by atoms with van der Waals surface area (Å²) in [5.74, 6) is -0.581. The van der Waals surface area contributed by atoms with E-state index in [-0.39, 0.29) is 19.8 Å². The number of carbonyl (C=O) groups is 2. The molecule has 25 heavy (non-hydrogen) atoms. The molecule has 0 bridgehead atoms. The quantitative estimate of drug-likeness (QED) is 0.739. The SMILES string of the molecule is O=C(NCC(O)COC(=O)c1ccc(Cl)cc1)OCc1ccccc1. The average Bonchev–Trinajstić information content (AvgIpc) is 2.64. The first-order valence-corrected chi connectivity index (χ1v) is 7.97. The Morgan fingerprint density at radius 2 is 1.72 bits per heavy atom. The fourth-order valence-corrected chi connectivity index (χ4v) is 2.00. The molecule has 1 unspecified atom stereocenters. The molecule has 2 rings (SSSR count). The Hall–Kier alpha value is -2.57. The number of alkyl carbamates (subject to hydrolysis) is 1. The molecule has 2 aromatic rings. The Morgan fingerprint density at radius 3 is 2.40 bits per heavy atom. The van der Waals surface area contributed by atoms with E-state index in [2.05, 4.69) is 5.32 Å². The van der Waals surface area contributed by atoms with Gasteiger partial charge in [-0.15, -0.1) is 0 Å². The molecular formula is C18H18ClNO5. The zero-order chi connectivity index (χ0) is 18.1. The Morgan fingerprint density at radius 1 is 1.04 bits per heavy atom. The van der Waals surface area contributed by atoms with Crippen molar-refractivity contribution >= 4 is 23.7 Å². The number of aliphatic hydroxyl groups is 1. The Balaban J connectivity index is 1.64. The minimum absolute atomic E-state index is 0.0957. The zero-order valence-electron chi connectivity index (χ0n) is 13.4. The van der Waals surface area contributed by atoms with E-state index < -0.39 is 18.2 Å². The summed E-state index contributed by atoms with van der Waals surface area (Å²) >= 11 is 5.74. The minimum Gasteiger partial charge on any atom is -0.459 e. The van der Waals surface area contributed by atoms with Crippen molar-refractivity contribution < 1.29 is 24.2 Å². The summed E-state index contributed by atoms with van der Waals surface area (Å²) in [7, 11) is 0. The fraction of sp³-hybridized carbons (Fsp3) is 0.222. The van der Waals surface area contributed by atoms with Crippen LogP contribution in [0.2, 0.25) is 5.02 Å². The van der Waals surface area contributed by atoms with Gasteiger partial charge in [0.1, 0.15) is 19.3 Å². The van der Waals surface area contributed by atoms with Gasteiger partial charge in [0, 0.05) is 5.02 Å². The van der Waals surface area contributed by atoms with Gasteiger partial charge in [0.15, 0.2) is 0 Å². The second-order valence-corrected chi connectivity index (χ2v) is 5.64. The van der Waals surface area contributed by atoms with Gasteiger partial charge in [0.25, 0.3) is 0 Å². The van der Waals surface area contributed by atoms with Gasteiger partial charge >= 0.3 is 12.1 Å². The average molecular weight is 364 g/mol. The molecule has 0 fully saturated rings. The summed E-state index contributed by atoms with van der Waals surface area (Å²) in [5, 5.41) is 12.7. The van der Waals surface area contributed by atoms with Crippen LogP contribution in [0.1, 0.15) is 15.9 Å². The number of hydrogen-bond acceptors (Lipinski definition) is 5. The summed E-state index contributed by atoms with van der Waals surface area (Å²) in [6, 6.07) is 15.4. The fourth-order valence-electron chi connectivity index (χ4n) is 1.88. The highest BCUT2D eigenvalue weighted by atomic mass is 35.5. The standard InChI is InChI=1S/C18H18ClNO5/c19-15-8-6-14(7-9-15)17(22)24-12-16(21)10-20-18(23)25-11-13-4-2-1-3-5-13/h1-9,16,21H,10-12H2,(H,20,23). The monoisotopic (exact) mass is 363 g/mol. The predicted octanol–water partition coefficient (Wildman–Crippen LogP) is 2.78. The lowest BCUT2D eigenvalue weighted by molar-refractivity contribution is 0.0257. The number of halogens is 1. The highest BCUT2D eigenvalue weighted by molar-refractivity contribution is 6.30. The van der Waals surface area contributed by atoms with E-state index in [1.165, 1.54) is 12.1 Å². The van der Waals surface area contributed by atoms with Gasteiger partial charge < -0.3 is 19.9 Å². The molecule has 0 aliphatic carbocycles. The number of ether oxygens (including phenoxy) is 2. The molecule has 0 aromatic heterocycles. The minimum atomic E-state index is -1.04. The van der Waals surface area contributed by atoms with Gasteiger partial charge in [-0.3, -0.25) is 0 Å². The van der Waals surface area contributed by atoms with Crippen LogP contribution in [0.4, 0.5) is 4.79 Å². The van der Waals surface area contributed by atoms with Crippen molar-refractivity contribution in [2.45, 2.75) is 12.7 Å². The molecule has 0 spiro atoms. The van der Waals surface area contributed by atoms with Crippen LogP contribution < -0.4 is 5.32 Å². The first-order valence-electron chi connectivity index (χ1n) is 7.60. The smallest absolute Gasteiger partial charge is 0.407 e. The second kappa shape index (κ2) is 9.66. The van der Waals surface area contributed by atoms with Crippen LogP contribution in [-0.2, 0) is 16.1 Å². The summed E-state index contributed by atoms with van der Waals surface area (Å²) in [4.78, 5) is 23.3. The molecule has 6 nitrogen and oxygen atoms in total. The maximum atomic E-state index is 11.8. The zero-order valence-corrected chi connectivity index (χ0v) is 14.1. The molecule has 0 saturated carbocycles. The number of nitrogens with one attached hydrogen (secondary N) is 1. The summed E-state index contributed by atoms with van der Waals surface area (Å²) in [5.41, 5.74) is 1.18. The lowest BCUT2D eigenvalue weighted by Crippen LogP contribution is -2.35. The largest absolute Gasteiger partial charge is 0.459 e. The lowest BCUT2D eigenvalue weighted by Gasteiger charge is -2.12. The van der Waals surface area contributed by atoms with Crippen LogP contribution >= 0.6 is 11.6 Å². The van der Waals surface area contributed by atoms with Crippen LogP contribution in [0, 0.1) is 0 Å². The van der Waals surface area contributed by atoms with Crippen molar-refractivity contribution in [1.82, 2.24) is 5.32 Å². The third-order valence-electron chi connectivity index (χ3n) is 3.18. The molecule has 0 radical (unpaired) electrons. The molecule has 7 heteroatoms. The van der Waals surface area contributed by atoms with Crippen molar-refractivity contribution in [3.05, 3.63) is 70.7 Å². The molecule has 0 aliphatic rings. The van der Waals surface area contributed by atoms with Gasteiger partial charge in [-0.2, -0.15) is 0 Å². The molecule has 1 atom stereocenters. The van der Waals surface area contributed by atoms with Crippen LogP contribution in [-0.4, -0.2) is 36.4 Å².